The molecule has 0 spiro atoms. The van der Waals surface area contributed by atoms with E-state index in [0.717, 1.165) is 53.8 Å². The van der Waals surface area contributed by atoms with Crippen molar-refractivity contribution in [2.24, 2.45) is 0 Å². The van der Waals surface area contributed by atoms with Crippen molar-refractivity contribution in [3.63, 3.8) is 0 Å². The van der Waals surface area contributed by atoms with E-state index < -0.39 is 0 Å². The Morgan fingerprint density at radius 3 is 2.84 bits per heavy atom. The molecule has 1 aromatic heterocycles. The van der Waals surface area contributed by atoms with Gasteiger partial charge in [0.1, 0.15) is 11.6 Å². The average Bonchev–Trinajstić information content (AvgIpc) is 3.13. The molecule has 2 aromatic rings. The monoisotopic (exact) mass is 341 g/mol. The molecule has 25 heavy (non-hydrogen) atoms. The minimum Gasteiger partial charge on any atom is -0.496 e. The van der Waals surface area contributed by atoms with Crippen LogP contribution in [0.3, 0.4) is 0 Å². The highest BCUT2D eigenvalue weighted by Gasteiger charge is 2.14. The fourth-order valence-corrected chi connectivity index (χ4v) is 3.10. The molecule has 0 unspecified atom stereocenters. The zero-order valence-corrected chi connectivity index (χ0v) is 15.1. The van der Waals surface area contributed by atoms with Gasteiger partial charge in [-0.1, -0.05) is 0 Å². The highest BCUT2D eigenvalue weighted by atomic mass is 16.5. The first-order chi connectivity index (χ1) is 12.2. The Morgan fingerprint density at radius 2 is 2.12 bits per heavy atom. The first kappa shape index (κ1) is 17.5. The van der Waals surface area contributed by atoms with E-state index in [0.29, 0.717) is 6.04 Å². The lowest BCUT2D eigenvalue weighted by Crippen LogP contribution is -2.30. The number of pyridine rings is 1. The largest absolute Gasteiger partial charge is 0.496 e. The van der Waals surface area contributed by atoms with Crippen LogP contribution in [0, 0.1) is 6.92 Å². The van der Waals surface area contributed by atoms with E-state index >= 15 is 0 Å². The summed E-state index contributed by atoms with van der Waals surface area (Å²) in [5.74, 6) is 1.73. The molecule has 1 atom stereocenters. The summed E-state index contributed by atoms with van der Waals surface area (Å²) in [5, 5.41) is 13.5. The summed E-state index contributed by atoms with van der Waals surface area (Å²) in [6.45, 7) is 4.89. The van der Waals surface area contributed by atoms with Crippen molar-refractivity contribution in [1.29, 1.82) is 0 Å². The van der Waals surface area contributed by atoms with Crippen molar-refractivity contribution in [2.75, 3.05) is 37.9 Å². The lowest BCUT2D eigenvalue weighted by atomic mass is 10.1. The summed E-state index contributed by atoms with van der Waals surface area (Å²) >= 11 is 0. The highest BCUT2D eigenvalue weighted by molar-refractivity contribution is 5.63. The van der Waals surface area contributed by atoms with Gasteiger partial charge in [0, 0.05) is 54.9 Å². The third-order valence-corrected chi connectivity index (χ3v) is 4.44. The predicted molar refractivity (Wildman–Crippen MR) is 103 cm³/mol. The summed E-state index contributed by atoms with van der Waals surface area (Å²) < 4.78 is 5.51. The van der Waals surface area contributed by atoms with E-state index in [2.05, 4.69) is 32.3 Å². The second-order valence-corrected chi connectivity index (χ2v) is 6.35. The van der Waals surface area contributed by atoms with Crippen molar-refractivity contribution < 1.29 is 4.74 Å². The topological polar surface area (TPSA) is 70.2 Å². The quantitative estimate of drug-likeness (QED) is 0.621. The number of rotatable bonds is 7. The lowest BCUT2D eigenvalue weighted by molar-refractivity contribution is 0.405. The molecule has 0 saturated carbocycles. The summed E-state index contributed by atoms with van der Waals surface area (Å²) in [4.78, 5) is 4.55. The van der Waals surface area contributed by atoms with Crippen molar-refractivity contribution >= 4 is 17.2 Å². The number of aromatic nitrogens is 1. The third kappa shape index (κ3) is 4.61. The molecule has 6 heteroatoms. The maximum absolute atomic E-state index is 5.51. The Morgan fingerprint density at radius 1 is 1.24 bits per heavy atom. The summed E-state index contributed by atoms with van der Waals surface area (Å²) in [6, 6.07) is 10.7. The number of hydrogen-bond donors (Lipinski definition) is 4. The highest BCUT2D eigenvalue weighted by Crippen LogP contribution is 2.26. The van der Waals surface area contributed by atoms with Crippen molar-refractivity contribution in [2.45, 2.75) is 25.9 Å². The van der Waals surface area contributed by atoms with Crippen LogP contribution in [-0.2, 0) is 6.54 Å². The Bertz CT molecular complexity index is 713. The van der Waals surface area contributed by atoms with E-state index in [9.17, 15) is 0 Å². The lowest BCUT2D eigenvalue weighted by Gasteiger charge is -2.16. The second-order valence-electron chi connectivity index (χ2n) is 6.35. The molecule has 3 rings (SSSR count). The van der Waals surface area contributed by atoms with Gasteiger partial charge in [0.25, 0.3) is 0 Å². The molecule has 0 amide bonds. The number of methoxy groups -OCH3 is 1. The van der Waals surface area contributed by atoms with Gasteiger partial charge in [0.15, 0.2) is 0 Å². The minimum absolute atomic E-state index is 0.526. The number of anilines is 3. The number of benzene rings is 1. The van der Waals surface area contributed by atoms with Gasteiger partial charge in [-0.3, -0.25) is 0 Å². The fourth-order valence-electron chi connectivity index (χ4n) is 3.10. The van der Waals surface area contributed by atoms with Crippen LogP contribution in [-0.4, -0.2) is 38.3 Å². The van der Waals surface area contributed by atoms with Crippen LogP contribution >= 0.6 is 0 Å². The Labute approximate surface area is 149 Å². The first-order valence-electron chi connectivity index (χ1n) is 8.72. The maximum Gasteiger partial charge on any atom is 0.132 e. The van der Waals surface area contributed by atoms with E-state index in [1.165, 1.54) is 6.42 Å². The van der Waals surface area contributed by atoms with Gasteiger partial charge in [-0.25, -0.2) is 4.98 Å². The predicted octanol–water partition coefficient (Wildman–Crippen LogP) is 2.64. The average molecular weight is 341 g/mol. The third-order valence-electron chi connectivity index (χ3n) is 4.44. The molecule has 1 saturated heterocycles. The van der Waals surface area contributed by atoms with Crippen LogP contribution < -0.4 is 26.0 Å². The number of aryl methyl sites for hydroxylation is 1. The van der Waals surface area contributed by atoms with Crippen LogP contribution in [0.25, 0.3) is 0 Å². The normalized spacial score (nSPS) is 16.7. The number of hydrogen-bond acceptors (Lipinski definition) is 6. The Balaban J connectivity index is 1.75. The molecule has 1 aliphatic heterocycles. The van der Waals surface area contributed by atoms with Gasteiger partial charge >= 0.3 is 0 Å². The second kappa shape index (κ2) is 8.18. The van der Waals surface area contributed by atoms with Crippen LogP contribution in [0.15, 0.2) is 30.3 Å². The van der Waals surface area contributed by atoms with Gasteiger partial charge in [-0.2, -0.15) is 0 Å². The molecule has 134 valence electrons. The standard InChI is InChI=1S/C19H27N5O/c1-13-8-17(20-2)10-19(23-13)24-15-4-5-18(25-3)14(9-15)11-22-16-6-7-21-12-16/h4-5,8-10,16,21-22H,6-7,11-12H2,1-3H3,(H2,20,23,24)/t16-/m1/s1. The zero-order valence-electron chi connectivity index (χ0n) is 15.1. The molecule has 1 aromatic carbocycles. The molecular weight excluding hydrogens is 314 g/mol. The molecule has 0 bridgehead atoms. The van der Waals surface area contributed by atoms with Crippen molar-refractivity contribution in [1.82, 2.24) is 15.6 Å². The minimum atomic E-state index is 0.526. The molecule has 0 aliphatic carbocycles. The summed E-state index contributed by atoms with van der Waals surface area (Å²) in [5.41, 5.74) is 4.15. The molecular formula is C19H27N5O. The van der Waals surface area contributed by atoms with Gasteiger partial charge in [0.05, 0.1) is 7.11 Å². The van der Waals surface area contributed by atoms with Crippen LogP contribution in [0.1, 0.15) is 17.7 Å². The summed E-state index contributed by atoms with van der Waals surface area (Å²) in [7, 11) is 3.62. The van der Waals surface area contributed by atoms with Crippen molar-refractivity contribution in [3.8, 4) is 5.75 Å². The Kier molecular flexibility index (Phi) is 5.73. The molecule has 1 fully saturated rings. The van der Waals surface area contributed by atoms with E-state index in [-0.39, 0.29) is 0 Å². The Hall–Kier alpha value is -2.31. The van der Waals surface area contributed by atoms with Gasteiger partial charge < -0.3 is 26.0 Å². The first-order valence-corrected chi connectivity index (χ1v) is 8.72. The van der Waals surface area contributed by atoms with Crippen molar-refractivity contribution in [3.05, 3.63) is 41.6 Å². The van der Waals surface area contributed by atoms with E-state index in [1.807, 2.05) is 38.2 Å². The molecule has 4 N–H and O–H groups in total. The van der Waals surface area contributed by atoms with E-state index in [4.69, 9.17) is 4.74 Å². The van der Waals surface area contributed by atoms with Gasteiger partial charge in [-0.05, 0) is 44.2 Å². The van der Waals surface area contributed by atoms with Gasteiger partial charge in [0.2, 0.25) is 0 Å². The van der Waals surface area contributed by atoms with E-state index in [1.54, 1.807) is 7.11 Å². The van der Waals surface area contributed by atoms with Crippen LogP contribution in [0.4, 0.5) is 17.2 Å². The number of ether oxygens (including phenoxy) is 1. The maximum atomic E-state index is 5.51. The molecule has 2 heterocycles. The fraction of sp³-hybridized carbons (Fsp3) is 0.421. The zero-order chi connectivity index (χ0) is 17.6. The smallest absolute Gasteiger partial charge is 0.132 e. The SMILES string of the molecule is CNc1cc(C)nc(Nc2ccc(OC)c(CN[C@@H]3CCNC3)c2)c1. The molecule has 0 radical (unpaired) electrons. The molecule has 1 aliphatic rings. The van der Waals surface area contributed by atoms with Gasteiger partial charge in [-0.15, -0.1) is 0 Å². The number of nitrogens with zero attached hydrogens (tertiary/aromatic N) is 1. The van der Waals surface area contributed by atoms with Crippen LogP contribution in [0.5, 0.6) is 5.75 Å². The number of nitrogens with one attached hydrogen (secondary N) is 4. The van der Waals surface area contributed by atoms with Crippen LogP contribution in [0.2, 0.25) is 0 Å². The molecule has 6 nitrogen and oxygen atoms in total. The summed E-state index contributed by atoms with van der Waals surface area (Å²) in [6.07, 6.45) is 1.17.